The van der Waals surface area contributed by atoms with Gasteiger partial charge in [0.15, 0.2) is 11.6 Å². The molecular weight excluding hydrogens is 636 g/mol. The highest BCUT2D eigenvalue weighted by Crippen LogP contribution is 2.35. The van der Waals surface area contributed by atoms with Gasteiger partial charge >= 0.3 is 0 Å². The van der Waals surface area contributed by atoms with E-state index in [1.807, 2.05) is 62.4 Å². The standard InChI is InChI=1S/C39H50N4O7/c1-39(2)25-34(45)38(35(46)26-39)32(17-21-49-23-24-50-22-19-41-36(47)13-8-20-42(3)28-44)40-18-16-37(48)43-27-31-11-5-4-9-29(31)14-15-30-10-6-7-12-33(30)43/h4-7,9-12,40,44H,8,13,16-28H2,1-3H3,(H,41,47). The number of rotatable bonds is 18. The molecule has 11 nitrogen and oxygen atoms in total. The van der Waals surface area contributed by atoms with Crippen LogP contribution >= 0.6 is 0 Å². The number of Topliss-reactive ketones (excluding diaryl/α,β-unsaturated/α-hetero) is 2. The van der Waals surface area contributed by atoms with Gasteiger partial charge in [0.05, 0.1) is 51.0 Å². The van der Waals surface area contributed by atoms with Crippen LogP contribution in [0.4, 0.5) is 5.69 Å². The second-order valence-electron chi connectivity index (χ2n) is 13.4. The van der Waals surface area contributed by atoms with Gasteiger partial charge in [-0.2, -0.15) is 0 Å². The summed E-state index contributed by atoms with van der Waals surface area (Å²) >= 11 is 0. The topological polar surface area (TPSA) is 138 Å². The van der Waals surface area contributed by atoms with Crippen LogP contribution in [0, 0.1) is 17.3 Å². The predicted octanol–water partition coefficient (Wildman–Crippen LogP) is 3.33. The van der Waals surface area contributed by atoms with Crippen molar-refractivity contribution in [3.05, 3.63) is 76.5 Å². The first-order valence-corrected chi connectivity index (χ1v) is 17.3. The Morgan fingerprint density at radius 3 is 2.26 bits per heavy atom. The molecular formula is C39H50N4O7. The number of allylic oxidation sites excluding steroid dienone is 1. The number of ketones is 2. The fourth-order valence-corrected chi connectivity index (χ4v) is 5.99. The van der Waals surface area contributed by atoms with Crippen molar-refractivity contribution in [1.29, 1.82) is 0 Å². The third-order valence-corrected chi connectivity index (χ3v) is 8.61. The highest BCUT2D eigenvalue weighted by molar-refractivity contribution is 6.22. The van der Waals surface area contributed by atoms with E-state index in [0.717, 1.165) is 22.4 Å². The molecule has 2 aromatic carbocycles. The van der Waals surface area contributed by atoms with E-state index in [-0.39, 0.29) is 68.1 Å². The maximum atomic E-state index is 13.8. The van der Waals surface area contributed by atoms with E-state index in [9.17, 15) is 19.2 Å². The third kappa shape index (κ3) is 11.6. The highest BCUT2D eigenvalue weighted by Gasteiger charge is 2.37. The SMILES string of the molecule is CN(CO)CCCC(=O)NCCOCCOCCC(NCCC(=O)N1Cc2ccccc2C#Cc2ccccc21)=C1C(=O)CC(C)(C)CC1=O. The molecule has 4 rings (SSSR count). The average molecular weight is 687 g/mol. The fraction of sp³-hybridized carbons (Fsp3) is 0.487. The zero-order valence-electron chi connectivity index (χ0n) is 29.5. The van der Waals surface area contributed by atoms with Crippen molar-refractivity contribution in [2.75, 3.05) is 64.7 Å². The van der Waals surface area contributed by atoms with Gasteiger partial charge in [-0.05, 0) is 42.6 Å². The maximum Gasteiger partial charge on any atom is 0.229 e. The lowest BCUT2D eigenvalue weighted by molar-refractivity contribution is -0.127. The van der Waals surface area contributed by atoms with Crippen LogP contribution in [0.5, 0.6) is 0 Å². The molecule has 1 saturated carbocycles. The van der Waals surface area contributed by atoms with Gasteiger partial charge in [0, 0.05) is 68.6 Å². The van der Waals surface area contributed by atoms with E-state index in [1.165, 1.54) is 0 Å². The minimum absolute atomic E-state index is 0.0378. The molecule has 268 valence electrons. The lowest BCUT2D eigenvalue weighted by Crippen LogP contribution is -2.36. The normalized spacial score (nSPS) is 15.0. The zero-order chi connectivity index (χ0) is 35.9. The van der Waals surface area contributed by atoms with Gasteiger partial charge in [-0.1, -0.05) is 56.0 Å². The molecule has 0 unspecified atom stereocenters. The Labute approximate surface area is 295 Å². The van der Waals surface area contributed by atoms with Gasteiger partial charge in [0.25, 0.3) is 0 Å². The fourth-order valence-electron chi connectivity index (χ4n) is 5.99. The molecule has 0 atom stereocenters. The molecule has 0 aromatic heterocycles. The summed E-state index contributed by atoms with van der Waals surface area (Å²) in [5.74, 6) is 5.89. The molecule has 2 aromatic rings. The van der Waals surface area contributed by atoms with Gasteiger partial charge in [-0.25, -0.2) is 0 Å². The van der Waals surface area contributed by atoms with E-state index >= 15 is 0 Å². The molecule has 2 aliphatic rings. The van der Waals surface area contributed by atoms with E-state index in [0.29, 0.717) is 64.4 Å². The molecule has 1 aliphatic carbocycles. The number of benzene rings is 2. The molecule has 2 amide bonds. The predicted molar refractivity (Wildman–Crippen MR) is 191 cm³/mol. The number of carbonyl (C=O) groups excluding carboxylic acids is 4. The van der Waals surface area contributed by atoms with Gasteiger partial charge in [0.2, 0.25) is 11.8 Å². The molecule has 3 N–H and O–H groups in total. The Hall–Kier alpha value is -4.34. The lowest BCUT2D eigenvalue weighted by Gasteiger charge is -2.30. The van der Waals surface area contributed by atoms with E-state index in [2.05, 4.69) is 22.5 Å². The largest absolute Gasteiger partial charge is 0.387 e. The van der Waals surface area contributed by atoms with Crippen LogP contribution in [0.3, 0.4) is 0 Å². The maximum absolute atomic E-state index is 13.8. The van der Waals surface area contributed by atoms with Crippen LogP contribution in [-0.2, 0) is 35.2 Å². The quantitative estimate of drug-likeness (QED) is 0.0709. The number of carbonyl (C=O) groups is 4. The number of anilines is 1. The number of fused-ring (bicyclic) bond motifs is 2. The Morgan fingerprint density at radius 1 is 0.860 bits per heavy atom. The number of amides is 2. The number of nitrogens with one attached hydrogen (secondary N) is 2. The molecule has 1 fully saturated rings. The first-order valence-electron chi connectivity index (χ1n) is 17.3. The van der Waals surface area contributed by atoms with E-state index < -0.39 is 5.41 Å². The Balaban J connectivity index is 1.29. The third-order valence-electron chi connectivity index (χ3n) is 8.61. The monoisotopic (exact) mass is 686 g/mol. The van der Waals surface area contributed by atoms with Crippen molar-refractivity contribution in [2.24, 2.45) is 5.41 Å². The summed E-state index contributed by atoms with van der Waals surface area (Å²) < 4.78 is 11.3. The molecule has 0 saturated heterocycles. The van der Waals surface area contributed by atoms with Crippen LogP contribution in [-0.4, -0.2) is 93.2 Å². The summed E-state index contributed by atoms with van der Waals surface area (Å²) in [6, 6.07) is 15.4. The second kappa shape index (κ2) is 19.2. The highest BCUT2D eigenvalue weighted by atomic mass is 16.5. The van der Waals surface area contributed by atoms with Gasteiger partial charge in [-0.3, -0.25) is 24.1 Å². The summed E-state index contributed by atoms with van der Waals surface area (Å²) in [7, 11) is 1.79. The molecule has 0 radical (unpaired) electrons. The molecule has 11 heteroatoms. The number of aliphatic hydroxyl groups is 1. The molecule has 1 aliphatic heterocycles. The van der Waals surface area contributed by atoms with E-state index in [4.69, 9.17) is 14.6 Å². The van der Waals surface area contributed by atoms with Crippen molar-refractivity contribution >= 4 is 29.1 Å². The first-order chi connectivity index (χ1) is 24.1. The lowest BCUT2D eigenvalue weighted by atomic mass is 9.73. The minimum Gasteiger partial charge on any atom is -0.387 e. The first kappa shape index (κ1) is 38.5. The molecule has 50 heavy (non-hydrogen) atoms. The van der Waals surface area contributed by atoms with Crippen LogP contribution in [0.2, 0.25) is 0 Å². The van der Waals surface area contributed by atoms with Crippen molar-refractivity contribution in [2.45, 2.75) is 58.9 Å². The van der Waals surface area contributed by atoms with Crippen LogP contribution in [0.1, 0.15) is 69.1 Å². The molecule has 0 spiro atoms. The summed E-state index contributed by atoms with van der Waals surface area (Å²) in [5, 5.41) is 15.1. The average Bonchev–Trinajstić information content (AvgIpc) is 3.07. The minimum atomic E-state index is -0.402. The molecule has 1 heterocycles. The number of ether oxygens (including phenoxy) is 2. The smallest absolute Gasteiger partial charge is 0.229 e. The zero-order valence-corrected chi connectivity index (χ0v) is 29.5. The number of nitrogens with zero attached hydrogens (tertiary/aromatic N) is 2. The van der Waals surface area contributed by atoms with Crippen LogP contribution in [0.25, 0.3) is 0 Å². The van der Waals surface area contributed by atoms with Gasteiger partial charge in [0.1, 0.15) is 0 Å². The summed E-state index contributed by atoms with van der Waals surface area (Å²) in [6.45, 7) is 6.66. The Morgan fingerprint density at radius 2 is 1.52 bits per heavy atom. The summed E-state index contributed by atoms with van der Waals surface area (Å²) in [5.41, 5.74) is 3.64. The van der Waals surface area contributed by atoms with Crippen molar-refractivity contribution in [3.8, 4) is 11.8 Å². The van der Waals surface area contributed by atoms with E-state index in [1.54, 1.807) is 16.8 Å². The summed E-state index contributed by atoms with van der Waals surface area (Å²) in [6.07, 6.45) is 2.03. The number of para-hydroxylation sites is 1. The number of aliphatic hydroxyl groups excluding tert-OH is 1. The van der Waals surface area contributed by atoms with Gasteiger partial charge < -0.3 is 30.1 Å². The van der Waals surface area contributed by atoms with Crippen molar-refractivity contribution in [1.82, 2.24) is 15.5 Å². The number of hydrogen-bond donors (Lipinski definition) is 3. The van der Waals surface area contributed by atoms with Crippen molar-refractivity contribution in [3.63, 3.8) is 0 Å². The Kier molecular flexibility index (Phi) is 14.7. The number of hydrogen-bond acceptors (Lipinski definition) is 9. The molecule has 0 bridgehead atoms. The van der Waals surface area contributed by atoms with Crippen LogP contribution < -0.4 is 15.5 Å². The Bertz CT molecular complexity index is 1580. The second-order valence-corrected chi connectivity index (χ2v) is 13.4. The summed E-state index contributed by atoms with van der Waals surface area (Å²) in [4.78, 5) is 55.6. The van der Waals surface area contributed by atoms with Gasteiger partial charge in [-0.15, -0.1) is 0 Å². The van der Waals surface area contributed by atoms with Crippen LogP contribution in [0.15, 0.2) is 59.8 Å². The van der Waals surface area contributed by atoms with Crippen molar-refractivity contribution < 1.29 is 33.8 Å².